The average Bonchev–Trinajstić information content (AvgIpc) is 3.83. The number of benzene rings is 2. The largest absolute Gasteiger partial charge is 0.493 e. The summed E-state index contributed by atoms with van der Waals surface area (Å²) in [5.74, 6) is 1.87. The number of ether oxygens (including phenoxy) is 1. The van der Waals surface area contributed by atoms with E-state index in [4.69, 9.17) is 27.4 Å². The van der Waals surface area contributed by atoms with Crippen LogP contribution in [0.15, 0.2) is 65.7 Å². The molecule has 0 saturated carbocycles. The molecule has 0 spiro atoms. The van der Waals surface area contributed by atoms with Crippen molar-refractivity contribution in [1.82, 2.24) is 34.5 Å². The molecule has 8 rings (SSSR count). The van der Waals surface area contributed by atoms with E-state index < -0.39 is 11.7 Å². The number of rotatable bonds is 10. The highest BCUT2D eigenvalue weighted by Gasteiger charge is 2.39. The van der Waals surface area contributed by atoms with Crippen molar-refractivity contribution in [1.29, 1.82) is 0 Å². The van der Waals surface area contributed by atoms with E-state index in [0.29, 0.717) is 92.0 Å². The van der Waals surface area contributed by atoms with E-state index in [0.717, 1.165) is 70.6 Å². The number of carbonyl (C=O) groups excluding carboxylic acids is 1. The lowest BCUT2D eigenvalue weighted by Gasteiger charge is -2.42. The zero-order chi connectivity index (χ0) is 39.3. The number of piperazine rings is 1. The van der Waals surface area contributed by atoms with E-state index >= 15 is 0 Å². The van der Waals surface area contributed by atoms with Gasteiger partial charge in [-0.2, -0.15) is 22.8 Å². The Morgan fingerprint density at radius 3 is 2.54 bits per heavy atom. The number of hydrogen-bond donors (Lipinski definition) is 2. The summed E-state index contributed by atoms with van der Waals surface area (Å²) in [5.41, 5.74) is 8.41. The Kier molecular flexibility index (Phi) is 10.1. The monoisotopic (exact) mass is 783 g/mol. The normalized spacial score (nSPS) is 17.1. The highest BCUT2D eigenvalue weighted by atomic mass is 32.1. The molecular formula is C41H44F3N9O2S. The van der Waals surface area contributed by atoms with Gasteiger partial charge < -0.3 is 24.8 Å². The van der Waals surface area contributed by atoms with Gasteiger partial charge in [0.2, 0.25) is 5.95 Å². The second-order valence-corrected chi connectivity index (χ2v) is 14.7. The second-order valence-electron chi connectivity index (χ2n) is 14.5. The lowest BCUT2D eigenvalue weighted by Crippen LogP contribution is -2.50. The van der Waals surface area contributed by atoms with E-state index in [-0.39, 0.29) is 12.5 Å². The van der Waals surface area contributed by atoms with Crippen LogP contribution in [0, 0.1) is 6.92 Å². The quantitative estimate of drug-likeness (QED) is 0.161. The lowest BCUT2D eigenvalue weighted by molar-refractivity contribution is -0.138. The highest BCUT2D eigenvalue weighted by molar-refractivity contribution is 7.83. The fourth-order valence-electron chi connectivity index (χ4n) is 8.23. The van der Waals surface area contributed by atoms with Gasteiger partial charge in [0.25, 0.3) is 5.91 Å². The first-order chi connectivity index (χ1) is 27.0. The van der Waals surface area contributed by atoms with E-state index in [1.807, 2.05) is 24.0 Å². The predicted octanol–water partition coefficient (Wildman–Crippen LogP) is 7.30. The second kappa shape index (κ2) is 15.0. The van der Waals surface area contributed by atoms with Gasteiger partial charge in [0.15, 0.2) is 5.82 Å². The van der Waals surface area contributed by atoms with Crippen molar-refractivity contribution in [2.75, 3.05) is 49.5 Å². The molecule has 0 unspecified atom stereocenters. The van der Waals surface area contributed by atoms with Crippen molar-refractivity contribution < 1.29 is 22.7 Å². The van der Waals surface area contributed by atoms with Crippen LogP contribution in [0.3, 0.4) is 0 Å². The van der Waals surface area contributed by atoms with E-state index in [1.54, 1.807) is 10.1 Å². The Labute approximate surface area is 329 Å². The SMILES string of the molecule is C=C(CN1C(CC)=C(N2CCN(C(=O)c3ncnc(C)c3CCC)CC2)/C(=C\S)n2nc(-c3ccc4c(c3)CCO4)nc21)Nc1ccc(C(F)(F)F)c2c1CC2. The Balaban J connectivity index is 1.12. The number of aromatic nitrogens is 5. The van der Waals surface area contributed by atoms with Gasteiger partial charge in [-0.15, -0.1) is 17.7 Å². The Morgan fingerprint density at radius 2 is 1.84 bits per heavy atom. The average molecular weight is 784 g/mol. The number of anilines is 2. The third-order valence-electron chi connectivity index (χ3n) is 11.1. The number of thiol groups is 1. The van der Waals surface area contributed by atoms with Gasteiger partial charge in [-0.25, -0.2) is 9.97 Å². The number of hydrogen-bond acceptors (Lipinski definition) is 10. The molecule has 2 aromatic heterocycles. The molecule has 0 radical (unpaired) electrons. The van der Waals surface area contributed by atoms with Crippen LogP contribution in [-0.2, 0) is 31.9 Å². The fraction of sp³-hybridized carbons (Fsp3) is 0.390. The van der Waals surface area contributed by atoms with Gasteiger partial charge >= 0.3 is 6.18 Å². The molecule has 1 amide bonds. The molecule has 292 valence electrons. The van der Waals surface area contributed by atoms with E-state index in [9.17, 15) is 18.0 Å². The van der Waals surface area contributed by atoms with Crippen molar-refractivity contribution in [3.63, 3.8) is 0 Å². The molecule has 11 nitrogen and oxygen atoms in total. The number of carbonyl (C=O) groups is 1. The first-order valence-electron chi connectivity index (χ1n) is 19.1. The molecule has 1 N–H and O–H groups in total. The minimum atomic E-state index is -4.40. The standard InChI is InChI=1S/C41H44F3N9O2S/c1-5-7-28-25(4)45-23-46-36(28)39(54)51-17-15-50(16-18-51)37-33(6-2)52(21-24(3)47-32-12-11-31(41(42,43)44)29-9-10-30(29)32)40-48-38(49-53(40)34(37)22-56)27-8-13-35-26(20-27)14-19-55-35/h8,11-13,20,22-23,47,56H,3,5-7,9-10,14-19,21H2,1-2,4H3/b34-22+. The molecule has 0 bridgehead atoms. The molecule has 56 heavy (non-hydrogen) atoms. The summed E-state index contributed by atoms with van der Waals surface area (Å²) in [6.45, 7) is 13.4. The third-order valence-corrected chi connectivity index (χ3v) is 11.3. The van der Waals surface area contributed by atoms with Crippen LogP contribution < -0.4 is 15.0 Å². The maximum Gasteiger partial charge on any atom is 0.416 e. The summed E-state index contributed by atoms with van der Waals surface area (Å²) >= 11 is 4.72. The van der Waals surface area contributed by atoms with Crippen LogP contribution in [0.5, 0.6) is 5.75 Å². The molecule has 5 heterocycles. The van der Waals surface area contributed by atoms with Gasteiger partial charge in [0, 0.05) is 66.5 Å². The number of allylic oxidation sites excluding steroid dienone is 2. The van der Waals surface area contributed by atoms with E-state index in [2.05, 4.69) is 51.6 Å². The van der Waals surface area contributed by atoms with Crippen LogP contribution in [0.4, 0.5) is 24.8 Å². The van der Waals surface area contributed by atoms with Crippen molar-refractivity contribution >= 4 is 35.9 Å². The minimum absolute atomic E-state index is 0.0946. The van der Waals surface area contributed by atoms with Crippen LogP contribution in [0.25, 0.3) is 17.1 Å². The number of halogens is 3. The molecular weight excluding hydrogens is 740 g/mol. The number of fused-ring (bicyclic) bond motifs is 3. The first-order valence-corrected chi connectivity index (χ1v) is 19.6. The highest BCUT2D eigenvalue weighted by Crippen LogP contribution is 2.43. The zero-order valence-corrected chi connectivity index (χ0v) is 32.6. The molecule has 2 aromatic carbocycles. The van der Waals surface area contributed by atoms with Gasteiger partial charge in [-0.3, -0.25) is 4.79 Å². The smallest absolute Gasteiger partial charge is 0.416 e. The summed E-state index contributed by atoms with van der Waals surface area (Å²) in [4.78, 5) is 33.9. The number of alkyl halides is 3. The topological polar surface area (TPSA) is 105 Å². The van der Waals surface area contributed by atoms with Crippen molar-refractivity contribution in [3.05, 3.63) is 105 Å². The van der Waals surface area contributed by atoms with Crippen LogP contribution >= 0.6 is 12.6 Å². The van der Waals surface area contributed by atoms with Gasteiger partial charge in [-0.1, -0.05) is 26.8 Å². The van der Waals surface area contributed by atoms with Gasteiger partial charge in [0.05, 0.1) is 30.1 Å². The number of aryl methyl sites for hydroxylation is 1. The molecule has 4 aromatic rings. The number of amides is 1. The summed E-state index contributed by atoms with van der Waals surface area (Å²) in [6, 6.07) is 8.63. The Morgan fingerprint density at radius 1 is 1.05 bits per heavy atom. The summed E-state index contributed by atoms with van der Waals surface area (Å²) in [5, 5.41) is 10.1. The molecule has 1 aliphatic carbocycles. The fourth-order valence-corrected chi connectivity index (χ4v) is 8.46. The van der Waals surface area contributed by atoms with Crippen LogP contribution in [0.1, 0.15) is 70.7 Å². The Bertz CT molecular complexity index is 2290. The summed E-state index contributed by atoms with van der Waals surface area (Å²) in [6.07, 6.45) is 1.05. The number of nitrogens with one attached hydrogen (secondary N) is 1. The maximum absolute atomic E-state index is 13.9. The molecule has 0 atom stereocenters. The van der Waals surface area contributed by atoms with Gasteiger partial charge in [-0.05, 0) is 85.0 Å². The van der Waals surface area contributed by atoms with E-state index in [1.165, 1.54) is 12.4 Å². The predicted molar refractivity (Wildman–Crippen MR) is 212 cm³/mol. The molecule has 1 saturated heterocycles. The zero-order valence-electron chi connectivity index (χ0n) is 31.7. The minimum Gasteiger partial charge on any atom is -0.493 e. The third kappa shape index (κ3) is 6.69. The Hall–Kier alpha value is -5.31. The van der Waals surface area contributed by atoms with Gasteiger partial charge in [0.1, 0.15) is 17.8 Å². The summed E-state index contributed by atoms with van der Waals surface area (Å²) < 4.78 is 48.7. The van der Waals surface area contributed by atoms with Crippen LogP contribution in [-0.4, -0.2) is 79.8 Å². The number of nitrogens with zero attached hydrogens (tertiary/aromatic N) is 8. The van der Waals surface area contributed by atoms with Crippen molar-refractivity contribution in [2.24, 2.45) is 0 Å². The maximum atomic E-state index is 13.9. The van der Waals surface area contributed by atoms with Crippen LogP contribution in [0.2, 0.25) is 0 Å². The first kappa shape index (κ1) is 37.6. The molecule has 15 heteroatoms. The van der Waals surface area contributed by atoms with Crippen molar-refractivity contribution in [2.45, 2.75) is 65.5 Å². The lowest BCUT2D eigenvalue weighted by atomic mass is 9.83. The van der Waals surface area contributed by atoms with Crippen molar-refractivity contribution in [3.8, 4) is 17.1 Å². The molecule has 4 aliphatic rings. The molecule has 3 aliphatic heterocycles. The summed E-state index contributed by atoms with van der Waals surface area (Å²) in [7, 11) is 0. The molecule has 1 fully saturated rings.